The lowest BCUT2D eigenvalue weighted by atomic mass is 10.1. The molecule has 0 N–H and O–H groups in total. The van der Waals surface area contributed by atoms with Crippen molar-refractivity contribution < 1.29 is 0 Å². The second-order valence-corrected chi connectivity index (χ2v) is 8.11. The highest BCUT2D eigenvalue weighted by Crippen LogP contribution is 2.32. The molecule has 3 rings (SSSR count). The minimum Gasteiger partial charge on any atom is -0.353 e. The molecule has 0 radical (unpaired) electrons. The van der Waals surface area contributed by atoms with Gasteiger partial charge in [0.2, 0.25) is 0 Å². The predicted octanol–water partition coefficient (Wildman–Crippen LogP) is 2.03. The van der Waals surface area contributed by atoms with E-state index in [2.05, 4.69) is 47.5 Å². The summed E-state index contributed by atoms with van der Waals surface area (Å²) in [6.45, 7) is 13.5. The summed E-state index contributed by atoms with van der Waals surface area (Å²) in [4.78, 5) is 19.2. The quantitative estimate of drug-likeness (QED) is 0.706. The Kier molecular flexibility index (Phi) is 6.70. The van der Waals surface area contributed by atoms with Crippen molar-refractivity contribution >= 4 is 11.6 Å². The number of aromatic nitrogens is 2. The van der Waals surface area contributed by atoms with Crippen LogP contribution in [0.2, 0.25) is 0 Å². The molecule has 2 atom stereocenters. The molecular weight excluding hydrogens is 324 g/mol. The van der Waals surface area contributed by atoms with Crippen molar-refractivity contribution in [2.24, 2.45) is 11.8 Å². The van der Waals surface area contributed by atoms with Crippen LogP contribution in [0, 0.1) is 11.8 Å². The van der Waals surface area contributed by atoms with Crippen molar-refractivity contribution in [2.75, 3.05) is 76.3 Å². The van der Waals surface area contributed by atoms with Crippen molar-refractivity contribution in [2.45, 2.75) is 26.7 Å². The Balaban J connectivity index is 1.64. The maximum atomic E-state index is 4.74. The zero-order chi connectivity index (χ0) is 18.5. The average Bonchev–Trinajstić information content (AvgIpc) is 3.31. The van der Waals surface area contributed by atoms with Crippen LogP contribution in [0.25, 0.3) is 0 Å². The van der Waals surface area contributed by atoms with Gasteiger partial charge in [-0.25, -0.2) is 9.97 Å². The van der Waals surface area contributed by atoms with Crippen LogP contribution in [0.15, 0.2) is 12.4 Å². The number of anilines is 2. The molecule has 1 aromatic rings. The van der Waals surface area contributed by atoms with Crippen LogP contribution in [0.5, 0.6) is 0 Å². The summed E-state index contributed by atoms with van der Waals surface area (Å²) in [6, 6.07) is 0. The van der Waals surface area contributed by atoms with Crippen molar-refractivity contribution in [3.05, 3.63) is 12.4 Å². The SMILES string of the molecule is CCN(C)C[C@H]1CCN(c2nccnc2N2CC[C@H](CN(C)CC)C2)C1. The van der Waals surface area contributed by atoms with Gasteiger partial charge in [-0.2, -0.15) is 0 Å². The highest BCUT2D eigenvalue weighted by atomic mass is 15.3. The fourth-order valence-electron chi connectivity index (χ4n) is 4.26. The molecule has 0 aliphatic carbocycles. The lowest BCUT2D eigenvalue weighted by Gasteiger charge is -2.26. The Morgan fingerprint density at radius 2 is 1.27 bits per heavy atom. The van der Waals surface area contributed by atoms with Gasteiger partial charge < -0.3 is 19.6 Å². The molecule has 0 unspecified atom stereocenters. The molecule has 0 bridgehead atoms. The maximum Gasteiger partial charge on any atom is 0.171 e. The molecule has 2 fully saturated rings. The van der Waals surface area contributed by atoms with E-state index in [0.29, 0.717) is 0 Å². The smallest absolute Gasteiger partial charge is 0.171 e. The second kappa shape index (κ2) is 9.00. The Bertz CT molecular complexity index is 516. The number of hydrogen-bond acceptors (Lipinski definition) is 6. The zero-order valence-corrected chi connectivity index (χ0v) is 17.1. The molecule has 1 aromatic heterocycles. The van der Waals surface area contributed by atoms with Crippen LogP contribution in [0.1, 0.15) is 26.7 Å². The van der Waals surface area contributed by atoms with Gasteiger partial charge in [0.05, 0.1) is 0 Å². The van der Waals surface area contributed by atoms with E-state index in [0.717, 1.165) is 62.7 Å². The lowest BCUT2D eigenvalue weighted by molar-refractivity contribution is 0.300. The maximum absolute atomic E-state index is 4.74. The molecule has 0 spiro atoms. The third-order valence-electron chi connectivity index (χ3n) is 6.05. The molecule has 6 nitrogen and oxygen atoms in total. The molecular formula is C20H36N6. The van der Waals surface area contributed by atoms with Gasteiger partial charge in [0.1, 0.15) is 0 Å². The molecule has 2 aliphatic heterocycles. The van der Waals surface area contributed by atoms with Gasteiger partial charge in [-0.05, 0) is 51.9 Å². The first kappa shape index (κ1) is 19.4. The van der Waals surface area contributed by atoms with E-state index in [1.165, 1.54) is 25.9 Å². The summed E-state index contributed by atoms with van der Waals surface area (Å²) >= 11 is 0. The highest BCUT2D eigenvalue weighted by Gasteiger charge is 2.30. The van der Waals surface area contributed by atoms with Crippen LogP contribution >= 0.6 is 0 Å². The number of nitrogens with zero attached hydrogens (tertiary/aromatic N) is 6. The second-order valence-electron chi connectivity index (χ2n) is 8.11. The Morgan fingerprint density at radius 1 is 0.846 bits per heavy atom. The summed E-state index contributed by atoms with van der Waals surface area (Å²) in [5.41, 5.74) is 0. The van der Waals surface area contributed by atoms with E-state index in [-0.39, 0.29) is 0 Å². The first-order valence-electron chi connectivity index (χ1n) is 10.3. The monoisotopic (exact) mass is 360 g/mol. The molecule has 2 aliphatic rings. The zero-order valence-electron chi connectivity index (χ0n) is 17.1. The van der Waals surface area contributed by atoms with E-state index in [1.54, 1.807) is 0 Å². The minimum absolute atomic E-state index is 0.735. The largest absolute Gasteiger partial charge is 0.353 e. The molecule has 146 valence electrons. The van der Waals surface area contributed by atoms with Gasteiger partial charge in [-0.3, -0.25) is 0 Å². The Labute approximate surface area is 159 Å². The Morgan fingerprint density at radius 3 is 1.65 bits per heavy atom. The molecule has 3 heterocycles. The topological polar surface area (TPSA) is 38.7 Å². The van der Waals surface area contributed by atoms with Gasteiger partial charge in [0.25, 0.3) is 0 Å². The lowest BCUT2D eigenvalue weighted by Crippen LogP contribution is -2.31. The van der Waals surface area contributed by atoms with Gasteiger partial charge in [-0.15, -0.1) is 0 Å². The van der Waals surface area contributed by atoms with Crippen molar-refractivity contribution in [1.82, 2.24) is 19.8 Å². The first-order valence-corrected chi connectivity index (χ1v) is 10.3. The van der Waals surface area contributed by atoms with Crippen LogP contribution in [-0.4, -0.2) is 86.2 Å². The van der Waals surface area contributed by atoms with Gasteiger partial charge in [0.15, 0.2) is 11.6 Å². The number of hydrogen-bond donors (Lipinski definition) is 0. The van der Waals surface area contributed by atoms with E-state index in [9.17, 15) is 0 Å². The van der Waals surface area contributed by atoms with Crippen LogP contribution in [0.4, 0.5) is 11.6 Å². The predicted molar refractivity (Wildman–Crippen MR) is 109 cm³/mol. The molecule has 0 amide bonds. The summed E-state index contributed by atoms with van der Waals surface area (Å²) in [6.07, 6.45) is 6.21. The summed E-state index contributed by atoms with van der Waals surface area (Å²) < 4.78 is 0. The van der Waals surface area contributed by atoms with E-state index in [4.69, 9.17) is 9.97 Å². The van der Waals surface area contributed by atoms with Crippen LogP contribution < -0.4 is 9.80 Å². The van der Waals surface area contributed by atoms with E-state index in [1.807, 2.05) is 12.4 Å². The van der Waals surface area contributed by atoms with Crippen molar-refractivity contribution in [3.8, 4) is 0 Å². The standard InChI is InChI=1S/C20H36N6/c1-5-23(3)13-17-7-11-25(15-17)19-20(22-10-9-21-19)26-12-8-18(16-26)14-24(4)6-2/h9-10,17-18H,5-8,11-16H2,1-4H3/t17-,18-/m1/s1. The normalized spacial score (nSPS) is 23.6. The third kappa shape index (κ3) is 4.65. The number of rotatable bonds is 8. The van der Waals surface area contributed by atoms with Gasteiger partial charge >= 0.3 is 0 Å². The van der Waals surface area contributed by atoms with Gasteiger partial charge in [0, 0.05) is 51.7 Å². The molecule has 0 aromatic carbocycles. The van der Waals surface area contributed by atoms with Crippen LogP contribution in [0.3, 0.4) is 0 Å². The first-order chi connectivity index (χ1) is 12.6. The average molecular weight is 361 g/mol. The van der Waals surface area contributed by atoms with E-state index < -0.39 is 0 Å². The van der Waals surface area contributed by atoms with Gasteiger partial charge in [-0.1, -0.05) is 13.8 Å². The van der Waals surface area contributed by atoms with E-state index >= 15 is 0 Å². The molecule has 2 saturated heterocycles. The summed E-state index contributed by atoms with van der Waals surface area (Å²) in [5.74, 6) is 3.66. The fourth-order valence-corrected chi connectivity index (χ4v) is 4.26. The molecule has 0 saturated carbocycles. The fraction of sp³-hybridized carbons (Fsp3) is 0.800. The summed E-state index contributed by atoms with van der Waals surface area (Å²) in [7, 11) is 4.43. The Hall–Kier alpha value is -1.40. The summed E-state index contributed by atoms with van der Waals surface area (Å²) in [5, 5.41) is 0. The third-order valence-corrected chi connectivity index (χ3v) is 6.05. The van der Waals surface area contributed by atoms with Crippen LogP contribution in [-0.2, 0) is 0 Å². The highest BCUT2D eigenvalue weighted by molar-refractivity contribution is 5.63. The molecule has 6 heteroatoms. The molecule has 26 heavy (non-hydrogen) atoms. The van der Waals surface area contributed by atoms with Crippen molar-refractivity contribution in [3.63, 3.8) is 0 Å². The minimum atomic E-state index is 0.735. The van der Waals surface area contributed by atoms with Crippen molar-refractivity contribution in [1.29, 1.82) is 0 Å².